The monoisotopic (exact) mass is 208 g/mol. The summed E-state index contributed by atoms with van der Waals surface area (Å²) in [6.07, 6.45) is 3.53. The molecular formula is C12H16O3. The molecule has 0 aliphatic heterocycles. The van der Waals surface area contributed by atoms with Crippen LogP contribution in [0.2, 0.25) is 0 Å². The second kappa shape index (κ2) is 9.09. The van der Waals surface area contributed by atoms with Gasteiger partial charge in [-0.3, -0.25) is 9.59 Å². The second-order valence-corrected chi connectivity index (χ2v) is 2.98. The average Bonchev–Trinajstić information content (AvgIpc) is 2.31. The number of unbranched alkanes of at least 4 members (excludes halogenated alkanes) is 1. The molecule has 1 aromatic rings. The maximum atomic E-state index is 10.1. The van der Waals surface area contributed by atoms with E-state index in [0.717, 1.165) is 25.4 Å². The van der Waals surface area contributed by atoms with Gasteiger partial charge in [0.25, 0.3) is 0 Å². The van der Waals surface area contributed by atoms with Crippen molar-refractivity contribution in [1.29, 1.82) is 0 Å². The number of hydrogen-bond acceptors (Lipinski definition) is 3. The third-order valence-corrected chi connectivity index (χ3v) is 1.72. The molecule has 1 N–H and O–H groups in total. The van der Waals surface area contributed by atoms with Gasteiger partial charge in [0.05, 0.1) is 0 Å². The van der Waals surface area contributed by atoms with E-state index in [1.165, 1.54) is 0 Å². The van der Waals surface area contributed by atoms with Crippen LogP contribution in [0.15, 0.2) is 24.3 Å². The van der Waals surface area contributed by atoms with Gasteiger partial charge in [0.15, 0.2) is 0 Å². The third-order valence-electron chi connectivity index (χ3n) is 1.72. The van der Waals surface area contributed by atoms with Gasteiger partial charge in [0.2, 0.25) is 0 Å². The van der Waals surface area contributed by atoms with Crippen molar-refractivity contribution in [2.24, 2.45) is 0 Å². The number of rotatable bonds is 4. The van der Waals surface area contributed by atoms with Crippen LogP contribution in [0, 0.1) is 0 Å². The van der Waals surface area contributed by atoms with Crippen LogP contribution in [0.25, 0.3) is 0 Å². The standard InChI is InChI=1S/C8H6O2.C4H10O/c9-5-7-1-2-8(6-10)4-3-7;1-2-3-4-5/h1-6H;5H,2-4H2,1H3. The molecule has 0 radical (unpaired) electrons. The Balaban J connectivity index is 0.000000336. The number of hydrogen-bond donors (Lipinski definition) is 1. The predicted octanol–water partition coefficient (Wildman–Crippen LogP) is 2.09. The van der Waals surface area contributed by atoms with Gasteiger partial charge in [-0.25, -0.2) is 0 Å². The normalized spacial score (nSPS) is 8.67. The Bertz CT molecular complexity index is 248. The number of carbonyl (C=O) groups excluding carboxylic acids is 2. The van der Waals surface area contributed by atoms with Gasteiger partial charge in [-0.1, -0.05) is 37.6 Å². The van der Waals surface area contributed by atoms with E-state index >= 15 is 0 Å². The van der Waals surface area contributed by atoms with Crippen LogP contribution in [0.3, 0.4) is 0 Å². The first kappa shape index (κ1) is 13.5. The number of carbonyl (C=O) groups is 2. The summed E-state index contributed by atoms with van der Waals surface area (Å²) in [5, 5.41) is 8.07. The van der Waals surface area contributed by atoms with Crippen LogP contribution in [0.4, 0.5) is 0 Å². The zero-order valence-electron chi connectivity index (χ0n) is 8.85. The molecule has 0 unspecified atom stereocenters. The Morgan fingerprint density at radius 1 is 1.07 bits per heavy atom. The quantitative estimate of drug-likeness (QED) is 0.771. The van der Waals surface area contributed by atoms with Crippen molar-refractivity contribution in [1.82, 2.24) is 0 Å². The summed E-state index contributed by atoms with van der Waals surface area (Å²) in [5.41, 5.74) is 1.18. The van der Waals surface area contributed by atoms with Crippen LogP contribution < -0.4 is 0 Å². The second-order valence-electron chi connectivity index (χ2n) is 2.98. The zero-order chi connectivity index (χ0) is 11.5. The molecule has 82 valence electrons. The van der Waals surface area contributed by atoms with Gasteiger partial charge >= 0.3 is 0 Å². The van der Waals surface area contributed by atoms with E-state index in [-0.39, 0.29) is 0 Å². The van der Waals surface area contributed by atoms with Gasteiger partial charge < -0.3 is 5.11 Å². The Morgan fingerprint density at radius 2 is 1.47 bits per heavy atom. The fraction of sp³-hybridized carbons (Fsp3) is 0.333. The summed E-state index contributed by atoms with van der Waals surface area (Å²) >= 11 is 0. The van der Waals surface area contributed by atoms with Crippen LogP contribution in [0.1, 0.15) is 40.5 Å². The first-order valence-corrected chi connectivity index (χ1v) is 4.89. The van der Waals surface area contributed by atoms with Crippen molar-refractivity contribution < 1.29 is 14.7 Å². The third kappa shape index (κ3) is 6.57. The molecule has 1 aromatic carbocycles. The lowest BCUT2D eigenvalue weighted by molar-refractivity contribution is 0.111. The molecule has 0 heterocycles. The number of aliphatic hydroxyl groups excluding tert-OH is 1. The topological polar surface area (TPSA) is 54.4 Å². The zero-order valence-corrected chi connectivity index (χ0v) is 8.85. The maximum absolute atomic E-state index is 10.1. The minimum atomic E-state index is 0.344. The van der Waals surface area contributed by atoms with E-state index < -0.39 is 0 Å². The van der Waals surface area contributed by atoms with E-state index in [9.17, 15) is 9.59 Å². The number of aliphatic hydroxyl groups is 1. The molecule has 0 saturated heterocycles. The predicted molar refractivity (Wildman–Crippen MR) is 59.2 cm³/mol. The first-order chi connectivity index (χ1) is 7.28. The highest BCUT2D eigenvalue weighted by Crippen LogP contribution is 1.98. The van der Waals surface area contributed by atoms with Crippen LogP contribution in [-0.4, -0.2) is 24.3 Å². The summed E-state index contributed by atoms with van der Waals surface area (Å²) in [6.45, 7) is 2.40. The minimum Gasteiger partial charge on any atom is -0.396 e. The molecule has 0 spiro atoms. The van der Waals surface area contributed by atoms with Crippen LogP contribution in [-0.2, 0) is 0 Å². The fourth-order valence-corrected chi connectivity index (χ4v) is 0.811. The van der Waals surface area contributed by atoms with Crippen molar-refractivity contribution in [3.05, 3.63) is 35.4 Å². The highest BCUT2D eigenvalue weighted by molar-refractivity contribution is 5.79. The molecule has 0 aliphatic rings. The minimum absolute atomic E-state index is 0.344. The van der Waals surface area contributed by atoms with Crippen molar-refractivity contribution >= 4 is 12.6 Å². The fourth-order valence-electron chi connectivity index (χ4n) is 0.811. The van der Waals surface area contributed by atoms with Crippen molar-refractivity contribution in [3.8, 4) is 0 Å². The van der Waals surface area contributed by atoms with Gasteiger partial charge in [-0.2, -0.15) is 0 Å². The molecule has 0 atom stereocenters. The lowest BCUT2D eigenvalue weighted by atomic mass is 10.2. The molecule has 1 rings (SSSR count). The van der Waals surface area contributed by atoms with Gasteiger partial charge in [0, 0.05) is 17.7 Å². The van der Waals surface area contributed by atoms with Gasteiger partial charge in [-0.15, -0.1) is 0 Å². The Labute approximate surface area is 89.7 Å². The van der Waals surface area contributed by atoms with E-state index in [2.05, 4.69) is 6.92 Å². The Kier molecular flexibility index (Phi) is 8.19. The van der Waals surface area contributed by atoms with Crippen LogP contribution in [0.5, 0.6) is 0 Å². The molecule has 0 fully saturated rings. The van der Waals surface area contributed by atoms with Crippen molar-refractivity contribution in [3.63, 3.8) is 0 Å². The summed E-state index contributed by atoms with van der Waals surface area (Å²) in [7, 11) is 0. The summed E-state index contributed by atoms with van der Waals surface area (Å²) in [4.78, 5) is 20.2. The molecule has 15 heavy (non-hydrogen) atoms. The molecular weight excluding hydrogens is 192 g/mol. The molecule has 3 nitrogen and oxygen atoms in total. The van der Waals surface area contributed by atoms with Gasteiger partial charge in [-0.05, 0) is 6.42 Å². The summed E-state index contributed by atoms with van der Waals surface area (Å²) < 4.78 is 0. The molecule has 0 bridgehead atoms. The molecule has 0 amide bonds. The van der Waals surface area contributed by atoms with E-state index in [1.54, 1.807) is 24.3 Å². The number of aldehydes is 2. The van der Waals surface area contributed by atoms with E-state index in [0.29, 0.717) is 17.7 Å². The maximum Gasteiger partial charge on any atom is 0.150 e. The SMILES string of the molecule is CCCCO.O=Cc1ccc(C=O)cc1. The Hall–Kier alpha value is -1.48. The first-order valence-electron chi connectivity index (χ1n) is 4.89. The average molecular weight is 208 g/mol. The number of benzene rings is 1. The summed E-state index contributed by atoms with van der Waals surface area (Å²) in [5.74, 6) is 0. The van der Waals surface area contributed by atoms with Crippen LogP contribution >= 0.6 is 0 Å². The molecule has 0 aliphatic carbocycles. The molecule has 3 heteroatoms. The van der Waals surface area contributed by atoms with Gasteiger partial charge in [0.1, 0.15) is 12.6 Å². The lowest BCUT2D eigenvalue weighted by Crippen LogP contribution is -1.81. The van der Waals surface area contributed by atoms with Crippen molar-refractivity contribution in [2.75, 3.05) is 6.61 Å². The van der Waals surface area contributed by atoms with E-state index in [1.807, 2.05) is 0 Å². The van der Waals surface area contributed by atoms with E-state index in [4.69, 9.17) is 5.11 Å². The highest BCUT2D eigenvalue weighted by Gasteiger charge is 1.88. The smallest absolute Gasteiger partial charge is 0.150 e. The molecule has 0 saturated carbocycles. The summed E-state index contributed by atoms with van der Waals surface area (Å²) in [6, 6.07) is 6.43. The largest absolute Gasteiger partial charge is 0.396 e. The lowest BCUT2D eigenvalue weighted by Gasteiger charge is -1.88. The van der Waals surface area contributed by atoms with Crippen molar-refractivity contribution in [2.45, 2.75) is 19.8 Å². The highest BCUT2D eigenvalue weighted by atomic mass is 16.2. The Morgan fingerprint density at radius 3 is 1.60 bits per heavy atom. The molecule has 0 aromatic heterocycles.